The standard InChI is InChI=1S/C12H16ClNO4S/c13-12-2-1-11(5-10(12)7-15)19(16,17)14-6-9-3-4-18-8-9/h1-2,5,9,14-15H,3-4,6-8H2. The molecule has 1 aliphatic heterocycles. The molecule has 0 saturated carbocycles. The third-order valence-corrected chi connectivity index (χ3v) is 4.87. The van der Waals surface area contributed by atoms with E-state index in [-0.39, 0.29) is 17.4 Å². The Kier molecular flexibility index (Phi) is 4.81. The topological polar surface area (TPSA) is 75.6 Å². The van der Waals surface area contributed by atoms with Gasteiger partial charge < -0.3 is 9.84 Å². The van der Waals surface area contributed by atoms with Crippen molar-refractivity contribution in [3.8, 4) is 0 Å². The molecule has 0 aliphatic carbocycles. The maximum atomic E-state index is 12.1. The monoisotopic (exact) mass is 305 g/mol. The van der Waals surface area contributed by atoms with Gasteiger partial charge in [0.05, 0.1) is 18.1 Å². The molecule has 1 aliphatic rings. The van der Waals surface area contributed by atoms with Gasteiger partial charge in [-0.05, 0) is 36.1 Å². The predicted molar refractivity (Wildman–Crippen MR) is 71.5 cm³/mol. The molecular formula is C12H16ClNO4S. The summed E-state index contributed by atoms with van der Waals surface area (Å²) in [6, 6.07) is 4.28. The quantitative estimate of drug-likeness (QED) is 0.855. The summed E-state index contributed by atoms with van der Waals surface area (Å²) in [4.78, 5) is 0.111. The Balaban J connectivity index is 2.10. The van der Waals surface area contributed by atoms with E-state index in [1.54, 1.807) is 0 Å². The van der Waals surface area contributed by atoms with Gasteiger partial charge >= 0.3 is 0 Å². The average molecular weight is 306 g/mol. The summed E-state index contributed by atoms with van der Waals surface area (Å²) >= 11 is 5.84. The molecule has 0 spiro atoms. The number of nitrogens with one attached hydrogen (secondary N) is 1. The molecule has 1 aromatic carbocycles. The van der Waals surface area contributed by atoms with Crippen LogP contribution < -0.4 is 4.72 Å². The van der Waals surface area contributed by atoms with Crippen LogP contribution in [0.15, 0.2) is 23.1 Å². The Morgan fingerprint density at radius 1 is 1.47 bits per heavy atom. The van der Waals surface area contributed by atoms with Crippen molar-refractivity contribution < 1.29 is 18.3 Å². The summed E-state index contributed by atoms with van der Waals surface area (Å²) in [5.41, 5.74) is 0.397. The van der Waals surface area contributed by atoms with Crippen molar-refractivity contribution in [3.05, 3.63) is 28.8 Å². The smallest absolute Gasteiger partial charge is 0.240 e. The molecule has 5 nitrogen and oxygen atoms in total. The minimum absolute atomic E-state index is 0.111. The van der Waals surface area contributed by atoms with Crippen molar-refractivity contribution in [1.29, 1.82) is 0 Å². The molecule has 0 radical (unpaired) electrons. The third kappa shape index (κ3) is 3.67. The Bertz CT molecular complexity index is 541. The fraction of sp³-hybridized carbons (Fsp3) is 0.500. The molecule has 0 bridgehead atoms. The molecule has 1 aromatic rings. The van der Waals surface area contributed by atoms with E-state index in [4.69, 9.17) is 21.4 Å². The van der Waals surface area contributed by atoms with E-state index in [1.165, 1.54) is 18.2 Å². The average Bonchev–Trinajstić information content (AvgIpc) is 2.90. The number of hydrogen-bond acceptors (Lipinski definition) is 4. The maximum absolute atomic E-state index is 12.1. The molecule has 1 atom stereocenters. The molecule has 0 amide bonds. The minimum Gasteiger partial charge on any atom is -0.392 e. The number of aliphatic hydroxyl groups is 1. The van der Waals surface area contributed by atoms with Gasteiger partial charge in [-0.2, -0.15) is 0 Å². The third-order valence-electron chi connectivity index (χ3n) is 3.08. The van der Waals surface area contributed by atoms with E-state index in [0.717, 1.165) is 6.42 Å². The number of sulfonamides is 1. The van der Waals surface area contributed by atoms with Gasteiger partial charge in [-0.15, -0.1) is 0 Å². The van der Waals surface area contributed by atoms with Crippen LogP contribution in [-0.2, 0) is 21.4 Å². The van der Waals surface area contributed by atoms with Crippen LogP contribution in [0.2, 0.25) is 5.02 Å². The van der Waals surface area contributed by atoms with Crippen LogP contribution in [0.3, 0.4) is 0 Å². The Morgan fingerprint density at radius 2 is 2.26 bits per heavy atom. The maximum Gasteiger partial charge on any atom is 0.240 e. The Hall–Kier alpha value is -0.660. The highest BCUT2D eigenvalue weighted by Crippen LogP contribution is 2.21. The number of halogens is 1. The molecular weight excluding hydrogens is 290 g/mol. The normalized spacial score (nSPS) is 19.8. The zero-order valence-electron chi connectivity index (χ0n) is 10.3. The van der Waals surface area contributed by atoms with Crippen molar-refractivity contribution in [2.24, 2.45) is 5.92 Å². The number of benzene rings is 1. The summed E-state index contributed by atoms with van der Waals surface area (Å²) in [6.45, 7) is 1.34. The highest BCUT2D eigenvalue weighted by molar-refractivity contribution is 7.89. The Morgan fingerprint density at radius 3 is 2.89 bits per heavy atom. The molecule has 2 rings (SSSR count). The van der Waals surface area contributed by atoms with Gasteiger partial charge in [-0.3, -0.25) is 0 Å². The van der Waals surface area contributed by atoms with Gasteiger partial charge in [0.1, 0.15) is 0 Å². The van der Waals surface area contributed by atoms with Crippen molar-refractivity contribution in [2.45, 2.75) is 17.9 Å². The van der Waals surface area contributed by atoms with Crippen molar-refractivity contribution in [2.75, 3.05) is 19.8 Å². The number of hydrogen-bond donors (Lipinski definition) is 2. The number of rotatable bonds is 5. The molecule has 19 heavy (non-hydrogen) atoms. The lowest BCUT2D eigenvalue weighted by Crippen LogP contribution is -2.29. The van der Waals surface area contributed by atoms with E-state index >= 15 is 0 Å². The summed E-state index contributed by atoms with van der Waals surface area (Å²) in [5, 5.41) is 9.45. The predicted octanol–water partition coefficient (Wildman–Crippen LogP) is 1.15. The first-order valence-electron chi connectivity index (χ1n) is 5.99. The summed E-state index contributed by atoms with van der Waals surface area (Å²) in [7, 11) is -3.57. The second kappa shape index (κ2) is 6.19. The van der Waals surface area contributed by atoms with Crippen LogP contribution in [0, 0.1) is 5.92 Å². The second-order valence-corrected chi connectivity index (χ2v) is 6.67. The zero-order valence-corrected chi connectivity index (χ0v) is 11.9. The van der Waals surface area contributed by atoms with Crippen molar-refractivity contribution in [3.63, 3.8) is 0 Å². The second-order valence-electron chi connectivity index (χ2n) is 4.49. The van der Waals surface area contributed by atoms with Crippen LogP contribution in [0.4, 0.5) is 0 Å². The molecule has 106 valence electrons. The van der Waals surface area contributed by atoms with Crippen LogP contribution >= 0.6 is 11.6 Å². The lowest BCUT2D eigenvalue weighted by Gasteiger charge is -2.11. The largest absolute Gasteiger partial charge is 0.392 e. The summed E-state index contributed by atoms with van der Waals surface area (Å²) in [6.07, 6.45) is 0.866. The molecule has 2 N–H and O–H groups in total. The number of ether oxygens (including phenoxy) is 1. The van der Waals surface area contributed by atoms with Crippen LogP contribution in [0.5, 0.6) is 0 Å². The van der Waals surface area contributed by atoms with Gasteiger partial charge in [0, 0.05) is 18.2 Å². The minimum atomic E-state index is -3.57. The molecule has 1 fully saturated rings. The highest BCUT2D eigenvalue weighted by Gasteiger charge is 2.20. The lowest BCUT2D eigenvalue weighted by molar-refractivity contribution is 0.186. The summed E-state index contributed by atoms with van der Waals surface area (Å²) in [5.74, 6) is 0.222. The van der Waals surface area contributed by atoms with Gasteiger partial charge in [0.2, 0.25) is 10.0 Å². The van der Waals surface area contributed by atoms with Gasteiger partial charge in [-0.1, -0.05) is 11.6 Å². The van der Waals surface area contributed by atoms with Crippen molar-refractivity contribution >= 4 is 21.6 Å². The highest BCUT2D eigenvalue weighted by atomic mass is 35.5. The van der Waals surface area contributed by atoms with Crippen LogP contribution in [-0.4, -0.2) is 33.3 Å². The number of aliphatic hydroxyl groups excluding tert-OH is 1. The molecule has 1 saturated heterocycles. The van der Waals surface area contributed by atoms with Gasteiger partial charge in [0.25, 0.3) is 0 Å². The lowest BCUT2D eigenvalue weighted by atomic mass is 10.1. The molecule has 7 heteroatoms. The fourth-order valence-corrected chi connectivity index (χ4v) is 3.24. The van der Waals surface area contributed by atoms with E-state index in [0.29, 0.717) is 30.3 Å². The molecule has 1 unspecified atom stereocenters. The van der Waals surface area contributed by atoms with Gasteiger partial charge in [0.15, 0.2) is 0 Å². The fourth-order valence-electron chi connectivity index (χ4n) is 1.89. The van der Waals surface area contributed by atoms with E-state index in [1.807, 2.05) is 0 Å². The zero-order chi connectivity index (χ0) is 13.9. The van der Waals surface area contributed by atoms with Gasteiger partial charge in [-0.25, -0.2) is 13.1 Å². The first kappa shape index (κ1) is 14.7. The molecule has 0 aromatic heterocycles. The van der Waals surface area contributed by atoms with Crippen LogP contribution in [0.25, 0.3) is 0 Å². The Labute approximate surface area is 117 Å². The van der Waals surface area contributed by atoms with E-state index < -0.39 is 10.0 Å². The van der Waals surface area contributed by atoms with Crippen LogP contribution in [0.1, 0.15) is 12.0 Å². The first-order chi connectivity index (χ1) is 9.03. The van der Waals surface area contributed by atoms with E-state index in [2.05, 4.69) is 4.72 Å². The van der Waals surface area contributed by atoms with Crippen molar-refractivity contribution in [1.82, 2.24) is 4.72 Å². The summed E-state index contributed by atoms with van der Waals surface area (Å²) < 4.78 is 31.9. The molecule has 1 heterocycles. The first-order valence-corrected chi connectivity index (χ1v) is 7.86. The SMILES string of the molecule is O=S(=O)(NCC1CCOC1)c1ccc(Cl)c(CO)c1. The van der Waals surface area contributed by atoms with E-state index in [9.17, 15) is 8.42 Å².